The molecule has 0 saturated heterocycles. The van der Waals surface area contributed by atoms with E-state index in [2.05, 4.69) is 15.2 Å². The molecule has 1 saturated carbocycles. The fourth-order valence-corrected chi connectivity index (χ4v) is 6.37. The first-order valence-corrected chi connectivity index (χ1v) is 14.1. The number of aliphatic imine (C=N–C) groups is 1. The molecular weight excluding hydrogens is 539 g/mol. The Labute approximate surface area is 222 Å². The number of anilines is 1. The van der Waals surface area contributed by atoms with Crippen molar-refractivity contribution >= 4 is 21.6 Å². The predicted molar refractivity (Wildman–Crippen MR) is 137 cm³/mol. The van der Waals surface area contributed by atoms with Crippen LogP contribution in [0, 0.1) is 11.6 Å². The fraction of sp³-hybridized carbons (Fsp3) is 0.370. The topological polar surface area (TPSA) is 75.5 Å². The van der Waals surface area contributed by atoms with Crippen molar-refractivity contribution in [3.05, 3.63) is 77.4 Å². The molecule has 1 aromatic heterocycles. The summed E-state index contributed by atoms with van der Waals surface area (Å²) < 4.78 is 93.9. The minimum absolute atomic E-state index is 0.109. The summed E-state index contributed by atoms with van der Waals surface area (Å²) in [6.07, 6.45) is 3.74. The van der Waals surface area contributed by atoms with Crippen molar-refractivity contribution in [2.24, 2.45) is 4.99 Å². The Bertz CT molecular complexity index is 1450. The summed E-state index contributed by atoms with van der Waals surface area (Å²) in [6, 6.07) is 12.3. The van der Waals surface area contributed by atoms with Gasteiger partial charge in [0.15, 0.2) is 5.82 Å². The number of benzene rings is 2. The minimum atomic E-state index is -5.64. The van der Waals surface area contributed by atoms with E-state index in [0.717, 1.165) is 12.0 Å². The van der Waals surface area contributed by atoms with Crippen LogP contribution in [-0.2, 0) is 10.0 Å². The van der Waals surface area contributed by atoms with Crippen LogP contribution in [0.2, 0.25) is 0 Å². The van der Waals surface area contributed by atoms with E-state index < -0.39 is 33.2 Å². The smallest absolute Gasteiger partial charge is 0.281 e. The summed E-state index contributed by atoms with van der Waals surface area (Å²) in [6.45, 7) is 0. The lowest BCUT2D eigenvalue weighted by atomic mass is 9.95. The van der Waals surface area contributed by atoms with E-state index in [1.54, 1.807) is 24.3 Å². The lowest BCUT2D eigenvalue weighted by Gasteiger charge is -2.34. The number of rotatable bonds is 6. The molecule has 3 aromatic rings. The van der Waals surface area contributed by atoms with Crippen LogP contribution in [0.15, 0.2) is 59.6 Å². The summed E-state index contributed by atoms with van der Waals surface area (Å²) in [7, 11) is -5.64. The number of aromatic nitrogens is 2. The van der Waals surface area contributed by atoms with Crippen LogP contribution in [0.5, 0.6) is 0 Å². The van der Waals surface area contributed by atoms with Gasteiger partial charge in [-0.1, -0.05) is 49.6 Å². The highest BCUT2D eigenvalue weighted by Gasteiger charge is 2.52. The highest BCUT2D eigenvalue weighted by molar-refractivity contribution is 7.93. The van der Waals surface area contributed by atoms with E-state index in [0.29, 0.717) is 59.8 Å². The minimum Gasteiger partial charge on any atom is -0.281 e. The molecule has 206 valence electrons. The molecule has 6 nitrogen and oxygen atoms in total. The number of nitrogens with zero attached hydrogens (tertiary/aromatic N) is 4. The lowest BCUT2D eigenvalue weighted by molar-refractivity contribution is -0.0441. The Morgan fingerprint density at radius 1 is 0.821 bits per heavy atom. The van der Waals surface area contributed by atoms with E-state index in [1.807, 2.05) is 0 Å². The quantitative estimate of drug-likeness (QED) is 0.311. The summed E-state index contributed by atoms with van der Waals surface area (Å²) in [5, 5.41) is 7.90. The van der Waals surface area contributed by atoms with Crippen LogP contribution in [0.1, 0.15) is 62.1 Å². The van der Waals surface area contributed by atoms with E-state index in [-0.39, 0.29) is 17.4 Å². The van der Waals surface area contributed by atoms with Gasteiger partial charge in [0.05, 0.1) is 17.3 Å². The Balaban J connectivity index is 1.37. The fourth-order valence-electron chi connectivity index (χ4n) is 5.20. The molecular formula is C27H25F5N4O2S. The summed E-state index contributed by atoms with van der Waals surface area (Å²) in [5.41, 5.74) is -3.40. The molecule has 1 unspecified atom stereocenters. The van der Waals surface area contributed by atoms with Gasteiger partial charge >= 0.3 is 15.5 Å². The summed E-state index contributed by atoms with van der Waals surface area (Å²) >= 11 is 0. The van der Waals surface area contributed by atoms with Crippen molar-refractivity contribution in [2.45, 2.75) is 62.5 Å². The first-order valence-electron chi connectivity index (χ1n) is 12.6. The second kappa shape index (κ2) is 10.6. The van der Waals surface area contributed by atoms with E-state index >= 15 is 0 Å². The number of alkyl halides is 3. The molecule has 12 heteroatoms. The van der Waals surface area contributed by atoms with Gasteiger partial charge < -0.3 is 0 Å². The zero-order valence-electron chi connectivity index (χ0n) is 20.7. The normalized spacial score (nSPS) is 18.7. The third kappa shape index (κ3) is 5.39. The van der Waals surface area contributed by atoms with Crippen LogP contribution >= 0.6 is 0 Å². The average Bonchev–Trinajstić information content (AvgIpc) is 3.39. The maximum absolute atomic E-state index is 14.2. The van der Waals surface area contributed by atoms with Gasteiger partial charge in [-0.15, -0.1) is 10.2 Å². The summed E-state index contributed by atoms with van der Waals surface area (Å²) in [4.78, 5) is 4.53. The first kappa shape index (κ1) is 27.2. The van der Waals surface area contributed by atoms with E-state index in [4.69, 9.17) is 0 Å². The third-order valence-corrected chi connectivity index (χ3v) is 8.73. The van der Waals surface area contributed by atoms with Crippen LogP contribution in [0.25, 0.3) is 11.3 Å². The van der Waals surface area contributed by atoms with Gasteiger partial charge in [0.2, 0.25) is 0 Å². The molecule has 1 aliphatic carbocycles. The van der Waals surface area contributed by atoms with Gasteiger partial charge in [-0.05, 0) is 55.5 Å². The molecule has 1 fully saturated rings. The molecule has 0 N–H and O–H groups in total. The number of hydrogen-bond donors (Lipinski definition) is 0. The molecule has 0 amide bonds. The zero-order valence-corrected chi connectivity index (χ0v) is 21.5. The van der Waals surface area contributed by atoms with Crippen molar-refractivity contribution in [3.63, 3.8) is 0 Å². The van der Waals surface area contributed by atoms with Gasteiger partial charge in [0, 0.05) is 17.3 Å². The molecule has 2 aromatic carbocycles. The zero-order chi connectivity index (χ0) is 27.8. The third-order valence-electron chi connectivity index (χ3n) is 7.14. The predicted octanol–water partition coefficient (Wildman–Crippen LogP) is 6.73. The van der Waals surface area contributed by atoms with Crippen LogP contribution in [-0.4, -0.2) is 35.9 Å². The maximum Gasteiger partial charge on any atom is 0.516 e. The number of sulfonamides is 1. The summed E-state index contributed by atoms with van der Waals surface area (Å²) in [5.74, 6) is -1.68. The van der Waals surface area contributed by atoms with Crippen LogP contribution < -0.4 is 4.31 Å². The molecule has 1 atom stereocenters. The van der Waals surface area contributed by atoms with Crippen molar-refractivity contribution in [2.75, 3.05) is 4.31 Å². The molecule has 1 aliphatic heterocycles. The van der Waals surface area contributed by atoms with Gasteiger partial charge in [0.25, 0.3) is 0 Å². The Kier molecular flexibility index (Phi) is 7.41. The maximum atomic E-state index is 14.2. The van der Waals surface area contributed by atoms with Crippen LogP contribution in [0.3, 0.4) is 0 Å². The monoisotopic (exact) mass is 564 g/mol. The standard InChI is InChI=1S/C27H25F5N4O2S/c28-20-7-4-8-21(29)26(20)24-14-13-22(33-24)17-9-11-18(12-10-17)23-15-16-25(35-34-23)36(19-5-2-1-3-6-19)39(37,38)27(30,31)32/h4,7-12,15-16,19,22H,1-3,5-6,13-14H2. The van der Waals surface area contributed by atoms with Gasteiger partial charge in [-0.3, -0.25) is 4.99 Å². The average molecular weight is 565 g/mol. The van der Waals surface area contributed by atoms with Crippen molar-refractivity contribution in [3.8, 4) is 11.3 Å². The van der Waals surface area contributed by atoms with Crippen molar-refractivity contribution in [1.82, 2.24) is 10.2 Å². The first-order chi connectivity index (χ1) is 18.6. The molecule has 2 aliphatic rings. The van der Waals surface area contributed by atoms with E-state index in [9.17, 15) is 30.4 Å². The lowest BCUT2D eigenvalue weighted by Crippen LogP contribution is -2.48. The molecule has 0 spiro atoms. The molecule has 2 heterocycles. The van der Waals surface area contributed by atoms with Crippen LogP contribution in [0.4, 0.5) is 27.8 Å². The second-order valence-corrected chi connectivity index (χ2v) is 11.5. The highest BCUT2D eigenvalue weighted by Crippen LogP contribution is 2.37. The van der Waals surface area contributed by atoms with Gasteiger partial charge in [0.1, 0.15) is 11.6 Å². The largest absolute Gasteiger partial charge is 0.516 e. The number of hydrogen-bond acceptors (Lipinski definition) is 5. The SMILES string of the molecule is O=S(=O)(N(c1ccc(-c2ccc(C3CCC(c4c(F)cccc4F)=N3)cc2)nn1)C1CCCCC1)C(F)(F)F. The molecule has 0 radical (unpaired) electrons. The molecule has 0 bridgehead atoms. The molecule has 39 heavy (non-hydrogen) atoms. The Hall–Kier alpha value is -3.41. The Morgan fingerprint density at radius 3 is 2.08 bits per heavy atom. The van der Waals surface area contributed by atoms with Gasteiger partial charge in [-0.25, -0.2) is 13.1 Å². The highest BCUT2D eigenvalue weighted by atomic mass is 32.2. The molecule has 5 rings (SSSR count). The van der Waals surface area contributed by atoms with Crippen molar-refractivity contribution < 1.29 is 30.4 Å². The van der Waals surface area contributed by atoms with E-state index in [1.165, 1.54) is 30.3 Å². The Morgan fingerprint density at radius 2 is 1.49 bits per heavy atom. The second-order valence-electron chi connectivity index (χ2n) is 9.66. The number of halogens is 5. The van der Waals surface area contributed by atoms with Gasteiger partial charge in [-0.2, -0.15) is 21.6 Å². The van der Waals surface area contributed by atoms with Crippen molar-refractivity contribution in [1.29, 1.82) is 0 Å².